The first-order chi connectivity index (χ1) is 13.3. The third-order valence-corrected chi connectivity index (χ3v) is 4.40. The lowest BCUT2D eigenvalue weighted by atomic mass is 9.83. The largest absolute Gasteiger partial charge is 0.508 e. The summed E-state index contributed by atoms with van der Waals surface area (Å²) in [6.45, 7) is -0.566. The molecule has 158 valence electrons. The number of carboxylic acids is 2. The Morgan fingerprint density at radius 3 is 1.66 bits per heavy atom. The standard InChI is InChI=1S/C20H24N2O6.H2O/c23-16-7-3-1-5-14(16)9-20(22-12-19(27)28,13-21-11-18(25)26)10-15-6-2-4-8-17(15)24;/h1-8,21-24H,9-13H2,(H,25,26)(H,27,28);1H2. The van der Waals surface area contributed by atoms with E-state index < -0.39 is 17.5 Å². The molecule has 0 aliphatic heterocycles. The Bertz CT molecular complexity index is 778. The number of hydrogen-bond donors (Lipinski definition) is 6. The maximum absolute atomic E-state index is 11.2. The molecule has 9 heteroatoms. The predicted molar refractivity (Wildman–Crippen MR) is 106 cm³/mol. The summed E-state index contributed by atoms with van der Waals surface area (Å²) in [5.74, 6) is -2.01. The van der Waals surface area contributed by atoms with Gasteiger partial charge in [-0.25, -0.2) is 0 Å². The Kier molecular flexibility index (Phi) is 9.07. The zero-order valence-electron chi connectivity index (χ0n) is 15.8. The summed E-state index contributed by atoms with van der Waals surface area (Å²) < 4.78 is 0. The normalized spacial score (nSPS) is 10.9. The Hall–Kier alpha value is -3.14. The first-order valence-corrected chi connectivity index (χ1v) is 8.74. The van der Waals surface area contributed by atoms with Crippen molar-refractivity contribution in [3.05, 3.63) is 59.7 Å². The van der Waals surface area contributed by atoms with E-state index >= 15 is 0 Å². The number of aliphatic carboxylic acids is 2. The fourth-order valence-electron chi connectivity index (χ4n) is 3.10. The molecule has 2 aromatic carbocycles. The van der Waals surface area contributed by atoms with Crippen molar-refractivity contribution in [1.82, 2.24) is 10.6 Å². The molecule has 2 rings (SSSR count). The van der Waals surface area contributed by atoms with Crippen molar-refractivity contribution in [2.75, 3.05) is 19.6 Å². The molecule has 0 saturated heterocycles. The van der Waals surface area contributed by atoms with Gasteiger partial charge in [-0.1, -0.05) is 36.4 Å². The van der Waals surface area contributed by atoms with Crippen molar-refractivity contribution in [1.29, 1.82) is 0 Å². The van der Waals surface area contributed by atoms with Crippen LogP contribution in [0.15, 0.2) is 48.5 Å². The molecule has 8 N–H and O–H groups in total. The van der Waals surface area contributed by atoms with Gasteiger partial charge >= 0.3 is 11.9 Å². The van der Waals surface area contributed by atoms with E-state index in [4.69, 9.17) is 10.2 Å². The second kappa shape index (κ2) is 11.0. The van der Waals surface area contributed by atoms with E-state index in [2.05, 4.69) is 10.6 Å². The van der Waals surface area contributed by atoms with Gasteiger partial charge in [-0.15, -0.1) is 0 Å². The number of benzene rings is 2. The summed E-state index contributed by atoms with van der Waals surface area (Å²) in [7, 11) is 0. The smallest absolute Gasteiger partial charge is 0.317 e. The van der Waals surface area contributed by atoms with Crippen LogP contribution in [0.5, 0.6) is 11.5 Å². The van der Waals surface area contributed by atoms with Gasteiger partial charge in [0.1, 0.15) is 11.5 Å². The molecule has 2 aromatic rings. The third kappa shape index (κ3) is 7.41. The van der Waals surface area contributed by atoms with Gasteiger partial charge in [0.05, 0.1) is 13.1 Å². The van der Waals surface area contributed by atoms with Crippen molar-refractivity contribution in [3.63, 3.8) is 0 Å². The van der Waals surface area contributed by atoms with Gasteiger partial charge < -0.3 is 31.2 Å². The van der Waals surface area contributed by atoms with Crippen LogP contribution in [0.1, 0.15) is 11.1 Å². The van der Waals surface area contributed by atoms with Crippen LogP contribution in [-0.4, -0.2) is 63.0 Å². The summed E-state index contributed by atoms with van der Waals surface area (Å²) in [4.78, 5) is 22.1. The molecule has 0 spiro atoms. The zero-order valence-corrected chi connectivity index (χ0v) is 15.8. The van der Waals surface area contributed by atoms with Gasteiger partial charge in [0, 0.05) is 12.1 Å². The Balaban J connectivity index is 0.00000420. The molecule has 0 unspecified atom stereocenters. The van der Waals surface area contributed by atoms with Gasteiger partial charge in [-0.3, -0.25) is 14.9 Å². The van der Waals surface area contributed by atoms with E-state index in [-0.39, 0.29) is 49.5 Å². The number of rotatable bonds is 11. The number of para-hydroxylation sites is 2. The monoisotopic (exact) mass is 406 g/mol. The van der Waals surface area contributed by atoms with Crippen LogP contribution in [0.2, 0.25) is 0 Å². The number of hydrogen-bond acceptors (Lipinski definition) is 6. The van der Waals surface area contributed by atoms with Crippen LogP contribution in [0, 0.1) is 0 Å². The molecule has 0 aromatic heterocycles. The minimum Gasteiger partial charge on any atom is -0.508 e. The lowest BCUT2D eigenvalue weighted by Gasteiger charge is -2.36. The highest BCUT2D eigenvalue weighted by Crippen LogP contribution is 2.27. The highest BCUT2D eigenvalue weighted by Gasteiger charge is 2.32. The predicted octanol–water partition coefficient (Wildman–Crippen LogP) is 0.146. The zero-order chi connectivity index (χ0) is 20.6. The second-order valence-corrected chi connectivity index (χ2v) is 6.64. The summed E-state index contributed by atoms with van der Waals surface area (Å²) in [6.07, 6.45) is 0.432. The van der Waals surface area contributed by atoms with E-state index in [9.17, 15) is 19.8 Å². The lowest BCUT2D eigenvalue weighted by molar-refractivity contribution is -0.137. The number of phenols is 2. The molecule has 0 saturated carbocycles. The molecule has 0 amide bonds. The highest BCUT2D eigenvalue weighted by atomic mass is 16.4. The van der Waals surface area contributed by atoms with Gasteiger partial charge in [0.15, 0.2) is 0 Å². The number of nitrogens with one attached hydrogen (secondary N) is 2. The van der Waals surface area contributed by atoms with E-state index in [0.29, 0.717) is 11.1 Å². The first kappa shape index (κ1) is 23.9. The fraction of sp³-hybridized carbons (Fsp3) is 0.300. The third-order valence-electron chi connectivity index (χ3n) is 4.40. The van der Waals surface area contributed by atoms with Gasteiger partial charge in [-0.05, 0) is 36.1 Å². The fourth-order valence-corrected chi connectivity index (χ4v) is 3.10. The van der Waals surface area contributed by atoms with Crippen molar-refractivity contribution >= 4 is 11.9 Å². The Labute approximate surface area is 167 Å². The summed E-state index contributed by atoms with van der Waals surface area (Å²) in [5, 5.41) is 44.2. The Morgan fingerprint density at radius 2 is 1.24 bits per heavy atom. The van der Waals surface area contributed by atoms with Crippen LogP contribution in [0.4, 0.5) is 0 Å². The molecular formula is C20H26N2O7. The molecule has 0 fully saturated rings. The molecule has 0 aliphatic carbocycles. The highest BCUT2D eigenvalue weighted by molar-refractivity contribution is 5.69. The number of aromatic hydroxyl groups is 2. The van der Waals surface area contributed by atoms with Crippen molar-refractivity contribution < 1.29 is 35.5 Å². The molecule has 0 heterocycles. The molecule has 0 aliphatic rings. The van der Waals surface area contributed by atoms with Crippen molar-refractivity contribution in [2.45, 2.75) is 18.4 Å². The second-order valence-electron chi connectivity index (χ2n) is 6.64. The molecule has 0 bridgehead atoms. The summed E-state index contributed by atoms with van der Waals surface area (Å²) >= 11 is 0. The minimum absolute atomic E-state index is 0. The number of carbonyl (C=O) groups is 2. The molecule has 29 heavy (non-hydrogen) atoms. The van der Waals surface area contributed by atoms with E-state index in [1.807, 2.05) is 0 Å². The SMILES string of the molecule is O.O=C(O)CNCC(Cc1ccccc1O)(Cc1ccccc1O)NCC(=O)O. The molecule has 0 atom stereocenters. The maximum Gasteiger partial charge on any atom is 0.317 e. The van der Waals surface area contributed by atoms with Gasteiger partial charge in [0.2, 0.25) is 0 Å². The minimum atomic E-state index is -1.07. The summed E-state index contributed by atoms with van der Waals surface area (Å²) in [6, 6.07) is 13.4. The maximum atomic E-state index is 11.2. The lowest BCUT2D eigenvalue weighted by Crippen LogP contribution is -2.57. The van der Waals surface area contributed by atoms with Crippen LogP contribution < -0.4 is 10.6 Å². The molecule has 0 radical (unpaired) electrons. The number of phenolic OH excluding ortho intramolecular Hbond substituents is 2. The van der Waals surface area contributed by atoms with E-state index in [0.717, 1.165) is 0 Å². The van der Waals surface area contributed by atoms with E-state index in [1.165, 1.54) is 12.1 Å². The van der Waals surface area contributed by atoms with Crippen LogP contribution in [-0.2, 0) is 22.4 Å². The van der Waals surface area contributed by atoms with Crippen LogP contribution in [0.3, 0.4) is 0 Å². The molecule has 9 nitrogen and oxygen atoms in total. The van der Waals surface area contributed by atoms with Crippen molar-refractivity contribution in [3.8, 4) is 11.5 Å². The average Bonchev–Trinajstić information content (AvgIpc) is 2.63. The van der Waals surface area contributed by atoms with Crippen molar-refractivity contribution in [2.24, 2.45) is 0 Å². The van der Waals surface area contributed by atoms with E-state index in [1.54, 1.807) is 36.4 Å². The van der Waals surface area contributed by atoms with Gasteiger partial charge in [0.25, 0.3) is 0 Å². The van der Waals surface area contributed by atoms with Crippen LogP contribution in [0.25, 0.3) is 0 Å². The quantitative estimate of drug-likeness (QED) is 0.306. The molecular weight excluding hydrogens is 380 g/mol. The summed E-state index contributed by atoms with van der Waals surface area (Å²) in [5.41, 5.74) is 0.187. The Morgan fingerprint density at radius 1 is 0.793 bits per heavy atom. The van der Waals surface area contributed by atoms with Crippen LogP contribution >= 0.6 is 0 Å². The van der Waals surface area contributed by atoms with Gasteiger partial charge in [-0.2, -0.15) is 0 Å². The topological polar surface area (TPSA) is 171 Å². The number of carboxylic acid groups (broad SMARTS) is 2. The average molecular weight is 406 g/mol. The first-order valence-electron chi connectivity index (χ1n) is 8.74.